The second-order valence-electron chi connectivity index (χ2n) is 3.86. The van der Waals surface area contributed by atoms with Gasteiger partial charge in [-0.25, -0.2) is 9.18 Å². The van der Waals surface area contributed by atoms with Crippen molar-refractivity contribution in [3.05, 3.63) is 40.9 Å². The zero-order chi connectivity index (χ0) is 14.0. The van der Waals surface area contributed by atoms with E-state index in [-0.39, 0.29) is 11.3 Å². The SMILES string of the molecule is CCn1cc(-c2ccc(Cl)cc2F)c(C(=O)OC)n1. The minimum Gasteiger partial charge on any atom is -0.464 e. The summed E-state index contributed by atoms with van der Waals surface area (Å²) in [6.07, 6.45) is 1.61. The first-order chi connectivity index (χ1) is 9.06. The summed E-state index contributed by atoms with van der Waals surface area (Å²) in [7, 11) is 1.26. The summed E-state index contributed by atoms with van der Waals surface area (Å²) in [5, 5.41) is 4.38. The summed E-state index contributed by atoms with van der Waals surface area (Å²) >= 11 is 5.71. The number of halogens is 2. The fraction of sp³-hybridized carbons (Fsp3) is 0.231. The van der Waals surface area contributed by atoms with Crippen LogP contribution in [0, 0.1) is 5.82 Å². The predicted molar refractivity (Wildman–Crippen MR) is 69.6 cm³/mol. The van der Waals surface area contributed by atoms with Gasteiger partial charge in [0.1, 0.15) is 5.82 Å². The topological polar surface area (TPSA) is 44.1 Å². The monoisotopic (exact) mass is 282 g/mol. The van der Waals surface area contributed by atoms with E-state index >= 15 is 0 Å². The van der Waals surface area contributed by atoms with E-state index in [4.69, 9.17) is 11.6 Å². The van der Waals surface area contributed by atoms with Crippen LogP contribution in [0.15, 0.2) is 24.4 Å². The molecule has 0 bridgehead atoms. The summed E-state index contributed by atoms with van der Waals surface area (Å²) in [6, 6.07) is 4.27. The van der Waals surface area contributed by atoms with E-state index in [9.17, 15) is 9.18 Å². The molecule has 0 aliphatic carbocycles. The Morgan fingerprint density at radius 3 is 2.79 bits per heavy atom. The van der Waals surface area contributed by atoms with Gasteiger partial charge in [0.05, 0.1) is 7.11 Å². The third-order valence-corrected chi connectivity index (χ3v) is 2.92. The summed E-state index contributed by atoms with van der Waals surface area (Å²) in [5.74, 6) is -1.11. The lowest BCUT2D eigenvalue weighted by Crippen LogP contribution is -2.05. The van der Waals surface area contributed by atoms with Crippen molar-refractivity contribution in [2.75, 3.05) is 7.11 Å². The Bertz CT molecular complexity index is 625. The van der Waals surface area contributed by atoms with Crippen LogP contribution in [0.25, 0.3) is 11.1 Å². The number of hydrogen-bond donors (Lipinski definition) is 0. The second-order valence-corrected chi connectivity index (χ2v) is 4.30. The first-order valence-corrected chi connectivity index (χ1v) is 6.05. The van der Waals surface area contributed by atoms with E-state index < -0.39 is 11.8 Å². The molecular weight excluding hydrogens is 271 g/mol. The summed E-state index contributed by atoms with van der Waals surface area (Å²) in [4.78, 5) is 11.7. The lowest BCUT2D eigenvalue weighted by molar-refractivity contribution is 0.0594. The summed E-state index contributed by atoms with van der Waals surface area (Å²) in [6.45, 7) is 2.44. The maximum absolute atomic E-state index is 13.9. The highest BCUT2D eigenvalue weighted by Crippen LogP contribution is 2.28. The lowest BCUT2D eigenvalue weighted by Gasteiger charge is -2.03. The number of benzene rings is 1. The quantitative estimate of drug-likeness (QED) is 0.812. The number of aryl methyl sites for hydroxylation is 1. The lowest BCUT2D eigenvalue weighted by atomic mass is 10.1. The van der Waals surface area contributed by atoms with Crippen molar-refractivity contribution in [1.82, 2.24) is 9.78 Å². The highest BCUT2D eigenvalue weighted by atomic mass is 35.5. The molecule has 2 aromatic rings. The Morgan fingerprint density at radius 1 is 1.47 bits per heavy atom. The van der Waals surface area contributed by atoms with E-state index in [1.165, 1.54) is 19.2 Å². The van der Waals surface area contributed by atoms with Crippen LogP contribution in [-0.2, 0) is 11.3 Å². The van der Waals surface area contributed by atoms with Gasteiger partial charge in [-0.1, -0.05) is 11.6 Å². The minimum absolute atomic E-state index is 0.0885. The Labute approximate surface area is 114 Å². The molecule has 1 aromatic carbocycles. The van der Waals surface area contributed by atoms with Crippen LogP contribution < -0.4 is 0 Å². The van der Waals surface area contributed by atoms with Crippen LogP contribution in [0.2, 0.25) is 5.02 Å². The third kappa shape index (κ3) is 2.61. The van der Waals surface area contributed by atoms with Crippen LogP contribution in [0.5, 0.6) is 0 Å². The Kier molecular flexibility index (Phi) is 3.85. The molecule has 0 saturated carbocycles. The molecule has 0 aliphatic heterocycles. The first kappa shape index (κ1) is 13.5. The van der Waals surface area contributed by atoms with E-state index in [2.05, 4.69) is 9.84 Å². The second kappa shape index (κ2) is 5.40. The zero-order valence-electron chi connectivity index (χ0n) is 10.5. The van der Waals surface area contributed by atoms with Crippen molar-refractivity contribution in [3.8, 4) is 11.1 Å². The number of esters is 1. The molecule has 0 amide bonds. The van der Waals surface area contributed by atoms with Gasteiger partial charge < -0.3 is 4.74 Å². The van der Waals surface area contributed by atoms with Crippen molar-refractivity contribution >= 4 is 17.6 Å². The predicted octanol–water partition coefficient (Wildman–Crippen LogP) is 3.15. The van der Waals surface area contributed by atoms with Gasteiger partial charge in [-0.15, -0.1) is 0 Å². The molecule has 1 heterocycles. The smallest absolute Gasteiger partial charge is 0.359 e. The summed E-state index contributed by atoms with van der Waals surface area (Å²) < 4.78 is 20.1. The van der Waals surface area contributed by atoms with Gasteiger partial charge in [0.25, 0.3) is 0 Å². The third-order valence-electron chi connectivity index (χ3n) is 2.69. The van der Waals surface area contributed by atoms with Gasteiger partial charge in [0.2, 0.25) is 0 Å². The van der Waals surface area contributed by atoms with E-state index in [0.717, 1.165) is 0 Å². The average molecular weight is 283 g/mol. The minimum atomic E-state index is -0.600. The van der Waals surface area contributed by atoms with Crippen molar-refractivity contribution in [1.29, 1.82) is 0 Å². The van der Waals surface area contributed by atoms with Crippen LogP contribution >= 0.6 is 11.6 Å². The molecule has 4 nitrogen and oxygen atoms in total. The number of aromatic nitrogens is 2. The van der Waals surface area contributed by atoms with Crippen molar-refractivity contribution < 1.29 is 13.9 Å². The van der Waals surface area contributed by atoms with Crippen molar-refractivity contribution in [2.24, 2.45) is 0 Å². The first-order valence-electron chi connectivity index (χ1n) is 5.68. The number of methoxy groups -OCH3 is 1. The molecule has 0 N–H and O–H groups in total. The molecule has 0 unspecified atom stereocenters. The van der Waals surface area contributed by atoms with Gasteiger partial charge in [0.15, 0.2) is 5.69 Å². The molecule has 19 heavy (non-hydrogen) atoms. The number of rotatable bonds is 3. The molecule has 100 valence electrons. The molecule has 0 aliphatic rings. The largest absolute Gasteiger partial charge is 0.464 e. The normalized spacial score (nSPS) is 10.5. The Morgan fingerprint density at radius 2 is 2.21 bits per heavy atom. The number of carbonyl (C=O) groups is 1. The van der Waals surface area contributed by atoms with Gasteiger partial charge in [-0.05, 0) is 25.1 Å². The maximum atomic E-state index is 13.9. The summed E-state index contributed by atoms with van der Waals surface area (Å²) in [5.41, 5.74) is 0.748. The fourth-order valence-corrected chi connectivity index (χ4v) is 1.89. The fourth-order valence-electron chi connectivity index (χ4n) is 1.74. The van der Waals surface area contributed by atoms with Crippen LogP contribution in [0.4, 0.5) is 4.39 Å². The molecule has 0 fully saturated rings. The highest BCUT2D eigenvalue weighted by Gasteiger charge is 2.20. The van der Waals surface area contributed by atoms with E-state index in [0.29, 0.717) is 17.1 Å². The molecule has 1 aromatic heterocycles. The van der Waals surface area contributed by atoms with Crippen LogP contribution in [0.1, 0.15) is 17.4 Å². The van der Waals surface area contributed by atoms with Gasteiger partial charge in [0, 0.05) is 28.9 Å². The molecule has 0 radical (unpaired) electrons. The molecule has 0 atom stereocenters. The van der Waals surface area contributed by atoms with Crippen LogP contribution in [0.3, 0.4) is 0 Å². The van der Waals surface area contributed by atoms with Crippen molar-refractivity contribution in [2.45, 2.75) is 13.5 Å². The molecular formula is C13H12ClFN2O2. The van der Waals surface area contributed by atoms with E-state index in [1.54, 1.807) is 16.9 Å². The number of ether oxygens (including phenoxy) is 1. The van der Waals surface area contributed by atoms with Crippen LogP contribution in [-0.4, -0.2) is 22.9 Å². The zero-order valence-corrected chi connectivity index (χ0v) is 11.2. The molecule has 0 spiro atoms. The highest BCUT2D eigenvalue weighted by molar-refractivity contribution is 6.30. The average Bonchev–Trinajstić information content (AvgIpc) is 2.82. The van der Waals surface area contributed by atoms with Gasteiger partial charge in [-0.2, -0.15) is 5.10 Å². The Balaban J connectivity index is 2.60. The molecule has 0 saturated heterocycles. The Hall–Kier alpha value is -1.88. The van der Waals surface area contributed by atoms with Gasteiger partial charge in [-0.3, -0.25) is 4.68 Å². The number of hydrogen-bond acceptors (Lipinski definition) is 3. The molecule has 2 rings (SSSR count). The number of nitrogens with zero attached hydrogens (tertiary/aromatic N) is 2. The maximum Gasteiger partial charge on any atom is 0.359 e. The van der Waals surface area contributed by atoms with Crippen molar-refractivity contribution in [3.63, 3.8) is 0 Å². The number of carbonyl (C=O) groups excluding carboxylic acids is 1. The van der Waals surface area contributed by atoms with E-state index in [1.807, 2.05) is 6.92 Å². The molecule has 6 heteroatoms. The standard InChI is InChI=1S/C13H12ClFN2O2/c1-3-17-7-10(12(16-17)13(18)19-2)9-5-4-8(14)6-11(9)15/h4-7H,3H2,1-2H3. The van der Waals surface area contributed by atoms with Gasteiger partial charge >= 0.3 is 5.97 Å².